The average molecular weight is 328 g/mol. The van der Waals surface area contributed by atoms with Gasteiger partial charge in [-0.25, -0.2) is 4.39 Å². The molecule has 0 spiro atoms. The first kappa shape index (κ1) is 16.5. The minimum Gasteiger partial charge on any atom is -0.360 e. The molecular weight excluding hydrogens is 305 g/mol. The number of carbonyl (C=O) groups is 1. The Morgan fingerprint density at radius 2 is 1.88 bits per heavy atom. The number of hydrogen-bond acceptors (Lipinski definition) is 2. The Morgan fingerprint density at radius 1 is 1.17 bits per heavy atom. The lowest BCUT2D eigenvalue weighted by Gasteiger charge is -2.33. The molecule has 1 heterocycles. The summed E-state index contributed by atoms with van der Waals surface area (Å²) < 4.78 is 13.8. The molecule has 0 saturated carbocycles. The second-order valence-electron chi connectivity index (χ2n) is 6.28. The first-order valence-corrected chi connectivity index (χ1v) is 8.31. The van der Waals surface area contributed by atoms with Crippen molar-refractivity contribution in [3.8, 4) is 0 Å². The van der Waals surface area contributed by atoms with Crippen LogP contribution in [0.2, 0.25) is 0 Å². The molecule has 0 bridgehead atoms. The summed E-state index contributed by atoms with van der Waals surface area (Å²) >= 11 is 0. The largest absolute Gasteiger partial charge is 0.360 e. The molecule has 2 aromatic carbocycles. The van der Waals surface area contributed by atoms with Gasteiger partial charge in [0.05, 0.1) is 31.9 Å². The lowest BCUT2D eigenvalue weighted by molar-refractivity contribution is -0.892. The molecule has 2 N–H and O–H groups in total. The molecule has 1 amide bonds. The van der Waals surface area contributed by atoms with Gasteiger partial charge in [-0.3, -0.25) is 4.79 Å². The smallest absolute Gasteiger partial charge is 0.279 e. The van der Waals surface area contributed by atoms with Gasteiger partial charge < -0.3 is 15.1 Å². The SMILES string of the molecule is Cc1ccc(NC(=O)C[NH+]2CCN(c3ccccc3)CC2)c(F)c1. The number of carbonyl (C=O) groups excluding carboxylic acids is 1. The van der Waals surface area contributed by atoms with Crippen LogP contribution in [0.3, 0.4) is 0 Å². The lowest BCUT2D eigenvalue weighted by Crippen LogP contribution is -3.15. The molecule has 0 aliphatic carbocycles. The van der Waals surface area contributed by atoms with Crippen molar-refractivity contribution in [3.63, 3.8) is 0 Å². The Bertz CT molecular complexity index is 697. The molecule has 126 valence electrons. The zero-order valence-electron chi connectivity index (χ0n) is 13.9. The summed E-state index contributed by atoms with van der Waals surface area (Å²) in [5.41, 5.74) is 2.32. The van der Waals surface area contributed by atoms with Gasteiger partial charge in [-0.05, 0) is 36.8 Å². The van der Waals surface area contributed by atoms with Crippen LogP contribution in [0.1, 0.15) is 5.56 Å². The van der Waals surface area contributed by atoms with E-state index in [4.69, 9.17) is 0 Å². The summed E-state index contributed by atoms with van der Waals surface area (Å²) in [6.45, 7) is 5.84. The molecule has 1 aliphatic rings. The van der Waals surface area contributed by atoms with Crippen LogP contribution in [0.4, 0.5) is 15.8 Å². The van der Waals surface area contributed by atoms with Crippen LogP contribution in [0, 0.1) is 12.7 Å². The third-order valence-electron chi connectivity index (χ3n) is 4.40. The number of anilines is 2. The number of benzene rings is 2. The Hall–Kier alpha value is -2.40. The molecule has 0 unspecified atom stereocenters. The highest BCUT2D eigenvalue weighted by Gasteiger charge is 2.22. The van der Waals surface area contributed by atoms with Gasteiger partial charge in [0.25, 0.3) is 5.91 Å². The van der Waals surface area contributed by atoms with Crippen molar-refractivity contribution in [1.29, 1.82) is 0 Å². The molecule has 1 fully saturated rings. The van der Waals surface area contributed by atoms with Crippen molar-refractivity contribution < 1.29 is 14.1 Å². The van der Waals surface area contributed by atoms with Gasteiger partial charge in [0.1, 0.15) is 5.82 Å². The summed E-state index contributed by atoms with van der Waals surface area (Å²) in [6.07, 6.45) is 0. The maximum absolute atomic E-state index is 13.8. The standard InChI is InChI=1S/C19H22FN3O/c1-15-7-8-18(17(20)13-15)21-19(24)14-22-9-11-23(12-10-22)16-5-3-2-4-6-16/h2-8,13H,9-12,14H2,1H3,(H,21,24)/p+1. The first-order chi connectivity index (χ1) is 11.6. The number of rotatable bonds is 4. The van der Waals surface area contributed by atoms with Gasteiger partial charge in [-0.1, -0.05) is 24.3 Å². The molecule has 0 radical (unpaired) electrons. The molecule has 2 aromatic rings. The molecule has 1 saturated heterocycles. The number of aryl methyl sites for hydroxylation is 1. The van der Waals surface area contributed by atoms with Crippen LogP contribution in [-0.4, -0.2) is 38.6 Å². The normalized spacial score (nSPS) is 15.3. The number of nitrogens with one attached hydrogen (secondary N) is 2. The Balaban J connectivity index is 1.50. The fraction of sp³-hybridized carbons (Fsp3) is 0.316. The maximum atomic E-state index is 13.8. The summed E-state index contributed by atoms with van der Waals surface area (Å²) in [4.78, 5) is 15.7. The van der Waals surface area contributed by atoms with Crippen LogP contribution in [0.5, 0.6) is 0 Å². The number of amides is 1. The van der Waals surface area contributed by atoms with Gasteiger partial charge in [-0.2, -0.15) is 0 Å². The quantitative estimate of drug-likeness (QED) is 0.892. The van der Waals surface area contributed by atoms with Gasteiger partial charge in [-0.15, -0.1) is 0 Å². The van der Waals surface area contributed by atoms with Crippen LogP contribution in [0.15, 0.2) is 48.5 Å². The Morgan fingerprint density at radius 3 is 2.54 bits per heavy atom. The van der Waals surface area contributed by atoms with Crippen molar-refractivity contribution in [2.45, 2.75) is 6.92 Å². The predicted octanol–water partition coefficient (Wildman–Crippen LogP) is 1.48. The van der Waals surface area contributed by atoms with E-state index in [-0.39, 0.29) is 17.4 Å². The van der Waals surface area contributed by atoms with Gasteiger partial charge in [0.2, 0.25) is 0 Å². The van der Waals surface area contributed by atoms with E-state index in [1.807, 2.05) is 25.1 Å². The van der Waals surface area contributed by atoms with Gasteiger partial charge in [0.15, 0.2) is 6.54 Å². The van der Waals surface area contributed by atoms with E-state index in [9.17, 15) is 9.18 Å². The number of para-hydroxylation sites is 1. The van der Waals surface area contributed by atoms with Crippen molar-refractivity contribution >= 4 is 17.3 Å². The summed E-state index contributed by atoms with van der Waals surface area (Å²) in [6, 6.07) is 15.2. The second kappa shape index (κ2) is 7.45. The van der Waals surface area contributed by atoms with E-state index in [0.717, 1.165) is 31.7 Å². The van der Waals surface area contributed by atoms with Crippen molar-refractivity contribution in [2.75, 3.05) is 42.9 Å². The number of hydrogen-bond donors (Lipinski definition) is 2. The molecule has 3 rings (SSSR count). The molecule has 24 heavy (non-hydrogen) atoms. The fourth-order valence-corrected chi connectivity index (χ4v) is 3.04. The van der Waals surface area contributed by atoms with E-state index in [1.165, 1.54) is 16.7 Å². The molecule has 1 aliphatic heterocycles. The maximum Gasteiger partial charge on any atom is 0.279 e. The van der Waals surface area contributed by atoms with E-state index in [1.54, 1.807) is 12.1 Å². The highest BCUT2D eigenvalue weighted by molar-refractivity contribution is 5.91. The molecule has 0 atom stereocenters. The average Bonchev–Trinajstić information content (AvgIpc) is 2.59. The highest BCUT2D eigenvalue weighted by Crippen LogP contribution is 2.15. The second-order valence-corrected chi connectivity index (χ2v) is 6.28. The van der Waals surface area contributed by atoms with Crippen LogP contribution in [-0.2, 0) is 4.79 Å². The molecule has 0 aromatic heterocycles. The van der Waals surface area contributed by atoms with E-state index >= 15 is 0 Å². The first-order valence-electron chi connectivity index (χ1n) is 8.31. The lowest BCUT2D eigenvalue weighted by atomic mass is 10.2. The fourth-order valence-electron chi connectivity index (χ4n) is 3.04. The summed E-state index contributed by atoms with van der Waals surface area (Å²) in [5.74, 6) is -0.520. The number of quaternary nitrogens is 1. The number of piperazine rings is 1. The van der Waals surface area contributed by atoms with Gasteiger partial charge >= 0.3 is 0 Å². The Labute approximate surface area is 141 Å². The minimum absolute atomic E-state index is 0.138. The molecular formula is C19H23FN3O+. The van der Waals surface area contributed by atoms with Crippen molar-refractivity contribution in [1.82, 2.24) is 0 Å². The van der Waals surface area contributed by atoms with Crippen molar-refractivity contribution in [2.24, 2.45) is 0 Å². The van der Waals surface area contributed by atoms with Gasteiger partial charge in [0, 0.05) is 5.69 Å². The molecule has 4 nitrogen and oxygen atoms in total. The predicted molar refractivity (Wildman–Crippen MR) is 94.0 cm³/mol. The van der Waals surface area contributed by atoms with Crippen molar-refractivity contribution in [3.05, 3.63) is 59.9 Å². The Kier molecular flexibility index (Phi) is 5.11. The topological polar surface area (TPSA) is 36.8 Å². The van der Waals surface area contributed by atoms with Crippen LogP contribution < -0.4 is 15.1 Å². The van der Waals surface area contributed by atoms with Crippen LogP contribution in [0.25, 0.3) is 0 Å². The highest BCUT2D eigenvalue weighted by atomic mass is 19.1. The van der Waals surface area contributed by atoms with E-state index in [2.05, 4.69) is 22.3 Å². The zero-order chi connectivity index (χ0) is 16.9. The third-order valence-corrected chi connectivity index (χ3v) is 4.40. The summed E-state index contributed by atoms with van der Waals surface area (Å²) in [5, 5.41) is 2.68. The van der Waals surface area contributed by atoms with E-state index in [0.29, 0.717) is 6.54 Å². The monoisotopic (exact) mass is 328 g/mol. The van der Waals surface area contributed by atoms with Crippen LogP contribution >= 0.6 is 0 Å². The van der Waals surface area contributed by atoms with E-state index < -0.39 is 0 Å². The zero-order valence-corrected chi connectivity index (χ0v) is 13.9. The third kappa shape index (κ3) is 4.11. The number of halogens is 1. The summed E-state index contributed by atoms with van der Waals surface area (Å²) in [7, 11) is 0. The number of nitrogens with zero attached hydrogens (tertiary/aromatic N) is 1. The molecule has 5 heteroatoms. The minimum atomic E-state index is -0.382.